The molecular formula is C88H60. The lowest BCUT2D eigenvalue weighted by Gasteiger charge is -2.42. The van der Waals surface area contributed by atoms with Crippen LogP contribution in [0.5, 0.6) is 0 Å². The van der Waals surface area contributed by atoms with Crippen molar-refractivity contribution in [3.63, 3.8) is 0 Å². The van der Waals surface area contributed by atoms with Gasteiger partial charge >= 0.3 is 0 Å². The lowest BCUT2D eigenvalue weighted by atomic mass is 9.60. The third-order valence-electron chi connectivity index (χ3n) is 18.4. The molecule has 4 aliphatic carbocycles. The molecule has 0 radical (unpaired) electrons. The van der Waals surface area contributed by atoms with E-state index >= 15 is 0 Å². The van der Waals surface area contributed by atoms with E-state index in [0.717, 1.165) is 0 Å². The zero-order valence-corrected chi connectivity index (χ0v) is 48.6. The van der Waals surface area contributed by atoms with E-state index in [2.05, 4.69) is 352 Å². The maximum Gasteiger partial charge on any atom is 0.0205 e. The minimum atomic E-state index is 0.406. The SMILES string of the molecule is C1=CC2=CC=C3C=CC(c4ccccc4)=C4C=C(c5ccccc5)C(=C1)C2C34.c1ccc(-c2ccc3c(c2)c(-c2ccccc2)cc2c4ccccc4ccc32)cc1.c1ccc(-c2cccc3c2cc(-c2ccccc2)c2c4ccccc4ccc32)cc1. The molecule has 0 nitrogen and oxygen atoms in total. The zero-order valence-electron chi connectivity index (χ0n) is 48.6. The number of hydrogen-bond acceptors (Lipinski definition) is 0. The number of rotatable bonds is 6. The van der Waals surface area contributed by atoms with E-state index in [4.69, 9.17) is 0 Å². The summed E-state index contributed by atoms with van der Waals surface area (Å²) in [5, 5.41) is 15.6. The van der Waals surface area contributed by atoms with Gasteiger partial charge in [-0.2, -0.15) is 0 Å². The average molecular weight is 1120 g/mol. The van der Waals surface area contributed by atoms with Gasteiger partial charge in [-0.25, -0.2) is 0 Å². The van der Waals surface area contributed by atoms with E-state index < -0.39 is 0 Å². The second-order valence-corrected chi connectivity index (χ2v) is 23.3. The van der Waals surface area contributed by atoms with Crippen molar-refractivity contribution >= 4 is 75.8 Å². The molecular weight excluding hydrogens is 1060 g/mol. The van der Waals surface area contributed by atoms with Crippen molar-refractivity contribution in [1.29, 1.82) is 0 Å². The van der Waals surface area contributed by atoms with Gasteiger partial charge in [0.1, 0.15) is 0 Å². The molecule has 0 saturated carbocycles. The Kier molecular flexibility index (Phi) is 13.5. The van der Waals surface area contributed by atoms with Crippen LogP contribution in [0.2, 0.25) is 0 Å². The van der Waals surface area contributed by atoms with E-state index in [1.807, 2.05) is 0 Å². The fourth-order valence-electron chi connectivity index (χ4n) is 14.3. The molecule has 88 heavy (non-hydrogen) atoms. The topological polar surface area (TPSA) is 0 Å². The van der Waals surface area contributed by atoms with Crippen molar-refractivity contribution in [3.8, 4) is 44.5 Å². The van der Waals surface area contributed by atoms with Gasteiger partial charge in [-0.05, 0) is 178 Å². The molecule has 0 bridgehead atoms. The van der Waals surface area contributed by atoms with E-state index in [1.54, 1.807) is 0 Å². The molecule has 0 aromatic heterocycles. The molecule has 0 heterocycles. The largest absolute Gasteiger partial charge is 0.0622 e. The van der Waals surface area contributed by atoms with Crippen LogP contribution in [0.15, 0.2) is 374 Å². The van der Waals surface area contributed by atoms with Gasteiger partial charge in [0.15, 0.2) is 0 Å². The Bertz CT molecular complexity index is 5250. The Morgan fingerprint density at radius 3 is 1.39 bits per heavy atom. The molecule has 0 heteroatoms. The van der Waals surface area contributed by atoms with E-state index in [0.29, 0.717) is 11.8 Å². The van der Waals surface area contributed by atoms with Crippen LogP contribution < -0.4 is 0 Å². The highest BCUT2D eigenvalue weighted by atomic mass is 14.4. The van der Waals surface area contributed by atoms with Crippen LogP contribution in [-0.2, 0) is 0 Å². The van der Waals surface area contributed by atoms with Gasteiger partial charge in [0.2, 0.25) is 0 Å². The molecule has 18 rings (SSSR count). The van der Waals surface area contributed by atoms with Gasteiger partial charge in [-0.3, -0.25) is 0 Å². The summed E-state index contributed by atoms with van der Waals surface area (Å²) in [7, 11) is 0. The zero-order chi connectivity index (χ0) is 58.3. The smallest absolute Gasteiger partial charge is 0.0205 e. The van der Waals surface area contributed by atoms with E-state index in [1.165, 1.54) is 154 Å². The van der Waals surface area contributed by atoms with Crippen molar-refractivity contribution in [2.24, 2.45) is 11.8 Å². The lowest BCUT2D eigenvalue weighted by Crippen LogP contribution is -2.30. The molecule has 14 aromatic rings. The Labute approximate surface area is 514 Å². The summed E-state index contributed by atoms with van der Waals surface area (Å²) in [5.41, 5.74) is 21.2. The van der Waals surface area contributed by atoms with Crippen molar-refractivity contribution in [3.05, 3.63) is 385 Å². The predicted molar refractivity (Wildman–Crippen MR) is 377 cm³/mol. The summed E-state index contributed by atoms with van der Waals surface area (Å²) in [6.07, 6.45) is 18.5. The molecule has 0 N–H and O–H groups in total. The first-order valence-corrected chi connectivity index (χ1v) is 30.7. The Hall–Kier alpha value is -11.2. The van der Waals surface area contributed by atoms with Crippen LogP contribution >= 0.6 is 0 Å². The normalized spacial score (nSPS) is 15.4. The van der Waals surface area contributed by atoms with Crippen LogP contribution in [0.4, 0.5) is 0 Å². The van der Waals surface area contributed by atoms with Gasteiger partial charge in [-0.15, -0.1) is 0 Å². The van der Waals surface area contributed by atoms with Crippen LogP contribution in [0, 0.1) is 11.8 Å². The second-order valence-electron chi connectivity index (χ2n) is 23.3. The molecule has 0 amide bonds. The van der Waals surface area contributed by atoms with Crippen LogP contribution in [0.1, 0.15) is 11.1 Å². The first-order valence-electron chi connectivity index (χ1n) is 30.7. The predicted octanol–water partition coefficient (Wildman–Crippen LogP) is 23.7. The second kappa shape index (κ2) is 22.7. The summed E-state index contributed by atoms with van der Waals surface area (Å²) < 4.78 is 0. The first kappa shape index (κ1) is 52.4. The van der Waals surface area contributed by atoms with Gasteiger partial charge in [0, 0.05) is 11.8 Å². The van der Waals surface area contributed by atoms with Crippen molar-refractivity contribution in [2.45, 2.75) is 0 Å². The summed E-state index contributed by atoms with van der Waals surface area (Å²) in [6, 6.07) is 109. The molecule has 2 unspecified atom stereocenters. The number of allylic oxidation sites excluding steroid dienone is 14. The van der Waals surface area contributed by atoms with Gasteiger partial charge < -0.3 is 0 Å². The first-order chi connectivity index (χ1) is 43.7. The Morgan fingerprint density at radius 2 is 0.716 bits per heavy atom. The Morgan fingerprint density at radius 1 is 0.239 bits per heavy atom. The van der Waals surface area contributed by atoms with E-state index in [9.17, 15) is 0 Å². The summed E-state index contributed by atoms with van der Waals surface area (Å²) in [6.45, 7) is 0. The maximum atomic E-state index is 2.45. The highest BCUT2D eigenvalue weighted by Crippen LogP contribution is 2.55. The maximum absolute atomic E-state index is 2.45. The summed E-state index contributed by atoms with van der Waals surface area (Å²) >= 11 is 0. The molecule has 0 saturated heterocycles. The number of benzene rings is 14. The summed E-state index contributed by atoms with van der Waals surface area (Å²) in [4.78, 5) is 0. The average Bonchev–Trinajstić information content (AvgIpc) is 0.933. The minimum absolute atomic E-state index is 0.406. The van der Waals surface area contributed by atoms with Gasteiger partial charge in [-0.1, -0.05) is 328 Å². The highest BCUT2D eigenvalue weighted by Gasteiger charge is 2.41. The van der Waals surface area contributed by atoms with Crippen LogP contribution in [0.25, 0.3) is 120 Å². The third-order valence-corrected chi connectivity index (χ3v) is 18.4. The third kappa shape index (κ3) is 9.44. The molecule has 14 aromatic carbocycles. The molecule has 2 atom stereocenters. The summed E-state index contributed by atoms with van der Waals surface area (Å²) in [5.74, 6) is 0.813. The van der Waals surface area contributed by atoms with Crippen LogP contribution in [-0.4, -0.2) is 0 Å². The number of fused-ring (bicyclic) bond motifs is 10. The van der Waals surface area contributed by atoms with Crippen molar-refractivity contribution in [2.75, 3.05) is 0 Å². The quantitative estimate of drug-likeness (QED) is 0.146. The molecule has 0 aliphatic heterocycles. The molecule has 0 spiro atoms. The minimum Gasteiger partial charge on any atom is -0.0622 e. The fourth-order valence-corrected chi connectivity index (χ4v) is 14.3. The fraction of sp³-hybridized carbons (Fsp3) is 0.0227. The van der Waals surface area contributed by atoms with Gasteiger partial charge in [0.25, 0.3) is 0 Å². The van der Waals surface area contributed by atoms with E-state index in [-0.39, 0.29) is 0 Å². The molecule has 412 valence electrons. The number of hydrogen-bond donors (Lipinski definition) is 0. The standard InChI is InChI=1S/2C30H20.C28H20/c1-3-10-21(11-4-1)24-16-9-17-26-27-19-18-23-14-7-8-15-25(23)30(27)28(20-29(24)26)22-12-5-2-6-13-22;1-3-9-21(10-4-1)24-16-18-26-27-17-15-23-13-7-8-14-25(23)30(27)20-28(29(26)19-24)22-11-5-2-6-12-22;1-3-8-19(9-4-1)23-17-16-22-15-14-21-12-7-13-24-25(20-10-5-2-6-11-20)18-26(23)28(22)27(21)24/h2*1-20H;1-18,27-28H. The van der Waals surface area contributed by atoms with Crippen LogP contribution in [0.3, 0.4) is 0 Å². The van der Waals surface area contributed by atoms with Crippen molar-refractivity contribution < 1.29 is 0 Å². The molecule has 0 fully saturated rings. The van der Waals surface area contributed by atoms with Gasteiger partial charge in [0.05, 0.1) is 0 Å². The highest BCUT2D eigenvalue weighted by molar-refractivity contribution is 6.25. The van der Waals surface area contributed by atoms with Crippen molar-refractivity contribution in [1.82, 2.24) is 0 Å². The molecule has 4 aliphatic rings. The monoisotopic (exact) mass is 1120 g/mol. The Balaban J connectivity index is 0.000000106. The lowest BCUT2D eigenvalue weighted by molar-refractivity contribution is 0.570.